The maximum atomic E-state index is 12.8. The minimum atomic E-state index is -0.170. The summed E-state index contributed by atoms with van der Waals surface area (Å²) in [7, 11) is 0. The molecule has 2 nitrogen and oxygen atoms in total. The average Bonchev–Trinajstić information content (AvgIpc) is 2.29. The van der Waals surface area contributed by atoms with Crippen molar-refractivity contribution >= 4 is 0 Å². The molecular formula is C13H19FN2. The van der Waals surface area contributed by atoms with Crippen LogP contribution >= 0.6 is 0 Å². The lowest BCUT2D eigenvalue weighted by molar-refractivity contribution is 0.197. The van der Waals surface area contributed by atoms with Gasteiger partial charge in [0.1, 0.15) is 5.82 Å². The fraction of sp³-hybridized carbons (Fsp3) is 0.538. The van der Waals surface area contributed by atoms with E-state index in [1.165, 1.54) is 17.7 Å². The van der Waals surface area contributed by atoms with Crippen LogP contribution in [-0.2, 0) is 0 Å². The first-order valence-corrected chi connectivity index (χ1v) is 5.92. The Labute approximate surface area is 96.2 Å². The molecule has 2 rings (SSSR count). The number of piperidine rings is 1. The highest BCUT2D eigenvalue weighted by Gasteiger charge is 2.25. The minimum Gasteiger partial charge on any atom is -0.327 e. The number of hydrogen-bond donors (Lipinski definition) is 1. The number of halogens is 1. The van der Waals surface area contributed by atoms with Gasteiger partial charge in [0.05, 0.1) is 0 Å². The van der Waals surface area contributed by atoms with E-state index < -0.39 is 0 Å². The van der Waals surface area contributed by atoms with Crippen molar-refractivity contribution in [1.29, 1.82) is 0 Å². The summed E-state index contributed by atoms with van der Waals surface area (Å²) in [6, 6.07) is 7.07. The molecule has 1 fully saturated rings. The lowest BCUT2D eigenvalue weighted by Gasteiger charge is -2.35. The average molecular weight is 222 g/mol. The molecule has 0 amide bonds. The predicted molar refractivity (Wildman–Crippen MR) is 63.8 cm³/mol. The van der Waals surface area contributed by atoms with Crippen molar-refractivity contribution in [2.45, 2.75) is 25.3 Å². The molecule has 1 aliphatic heterocycles. The second kappa shape index (κ2) is 4.93. The van der Waals surface area contributed by atoms with Crippen LogP contribution in [0.3, 0.4) is 0 Å². The smallest absolute Gasteiger partial charge is 0.123 e. The van der Waals surface area contributed by atoms with Crippen LogP contribution in [0, 0.1) is 5.82 Å². The van der Waals surface area contributed by atoms with Crippen molar-refractivity contribution in [2.75, 3.05) is 19.6 Å². The van der Waals surface area contributed by atoms with E-state index in [4.69, 9.17) is 5.73 Å². The maximum absolute atomic E-state index is 12.8. The molecule has 1 aliphatic rings. The molecule has 1 aromatic carbocycles. The number of likely N-dealkylation sites (tertiary alicyclic amines) is 1. The number of nitrogens with two attached hydrogens (primary N) is 1. The van der Waals surface area contributed by atoms with Crippen molar-refractivity contribution in [3.05, 3.63) is 35.6 Å². The molecule has 2 atom stereocenters. The van der Waals surface area contributed by atoms with Gasteiger partial charge in [-0.25, -0.2) is 4.39 Å². The molecule has 3 heteroatoms. The summed E-state index contributed by atoms with van der Waals surface area (Å²) in [6.45, 7) is 5.20. The lowest BCUT2D eigenvalue weighted by atomic mass is 9.88. The van der Waals surface area contributed by atoms with E-state index in [-0.39, 0.29) is 11.9 Å². The van der Waals surface area contributed by atoms with Crippen LogP contribution in [0.1, 0.15) is 24.8 Å². The van der Waals surface area contributed by atoms with Crippen molar-refractivity contribution < 1.29 is 4.39 Å². The van der Waals surface area contributed by atoms with Crippen molar-refractivity contribution in [3.8, 4) is 0 Å². The Morgan fingerprint density at radius 3 is 2.62 bits per heavy atom. The number of hydrogen-bond acceptors (Lipinski definition) is 2. The Bertz CT molecular complexity index is 336. The zero-order valence-corrected chi connectivity index (χ0v) is 9.70. The second-order valence-electron chi connectivity index (χ2n) is 4.60. The van der Waals surface area contributed by atoms with Gasteiger partial charge in [0.2, 0.25) is 0 Å². The molecule has 88 valence electrons. The van der Waals surface area contributed by atoms with Gasteiger partial charge >= 0.3 is 0 Å². The summed E-state index contributed by atoms with van der Waals surface area (Å²) in [6.07, 6.45) is 1.00. The molecule has 1 aromatic rings. The van der Waals surface area contributed by atoms with Crippen molar-refractivity contribution in [3.63, 3.8) is 0 Å². The summed E-state index contributed by atoms with van der Waals surface area (Å²) in [4.78, 5) is 2.36. The number of rotatable bonds is 2. The van der Waals surface area contributed by atoms with E-state index in [0.717, 1.165) is 26.1 Å². The van der Waals surface area contributed by atoms with Gasteiger partial charge in [-0.2, -0.15) is 0 Å². The molecule has 2 unspecified atom stereocenters. The van der Waals surface area contributed by atoms with Gasteiger partial charge in [0.25, 0.3) is 0 Å². The Morgan fingerprint density at radius 1 is 1.31 bits per heavy atom. The third kappa shape index (κ3) is 2.60. The van der Waals surface area contributed by atoms with Crippen LogP contribution < -0.4 is 5.73 Å². The summed E-state index contributed by atoms with van der Waals surface area (Å²) < 4.78 is 12.8. The van der Waals surface area contributed by atoms with E-state index in [1.807, 2.05) is 12.1 Å². The van der Waals surface area contributed by atoms with Crippen molar-refractivity contribution in [2.24, 2.45) is 5.73 Å². The van der Waals surface area contributed by atoms with Gasteiger partial charge in [-0.05, 0) is 36.6 Å². The van der Waals surface area contributed by atoms with Crippen molar-refractivity contribution in [1.82, 2.24) is 4.90 Å². The maximum Gasteiger partial charge on any atom is 0.123 e. The summed E-state index contributed by atoms with van der Waals surface area (Å²) >= 11 is 0. The molecule has 1 saturated heterocycles. The number of likely N-dealkylation sites (N-methyl/N-ethyl adjacent to an activating group) is 1. The van der Waals surface area contributed by atoms with Crippen LogP contribution in [0.25, 0.3) is 0 Å². The first-order valence-electron chi connectivity index (χ1n) is 5.92. The predicted octanol–water partition coefficient (Wildman–Crippen LogP) is 1.96. The normalized spacial score (nSPS) is 26.9. The largest absolute Gasteiger partial charge is 0.327 e. The van der Waals surface area contributed by atoms with E-state index in [1.54, 1.807) is 0 Å². The number of benzene rings is 1. The standard InChI is InChI=1S/C13H19FN2/c1-2-16-8-11(7-13(15)9-16)10-3-5-12(14)6-4-10/h3-6,11,13H,2,7-9,15H2,1H3. The Hall–Kier alpha value is -0.930. The molecule has 0 radical (unpaired) electrons. The third-order valence-corrected chi connectivity index (χ3v) is 3.35. The first kappa shape index (κ1) is 11.6. The topological polar surface area (TPSA) is 29.3 Å². The molecule has 0 aromatic heterocycles. The van der Waals surface area contributed by atoms with Crippen LogP contribution in [0.2, 0.25) is 0 Å². The number of nitrogens with zero attached hydrogens (tertiary/aromatic N) is 1. The van der Waals surface area contributed by atoms with Gasteiger partial charge in [-0.3, -0.25) is 0 Å². The zero-order valence-electron chi connectivity index (χ0n) is 9.70. The van der Waals surface area contributed by atoms with Gasteiger partial charge in [-0.1, -0.05) is 19.1 Å². The fourth-order valence-electron chi connectivity index (χ4n) is 2.47. The van der Waals surface area contributed by atoms with Crippen LogP contribution in [0.5, 0.6) is 0 Å². The minimum absolute atomic E-state index is 0.170. The highest BCUT2D eigenvalue weighted by Crippen LogP contribution is 2.26. The van der Waals surface area contributed by atoms with Gasteiger partial charge in [0.15, 0.2) is 0 Å². The van der Waals surface area contributed by atoms with E-state index >= 15 is 0 Å². The van der Waals surface area contributed by atoms with E-state index in [0.29, 0.717) is 5.92 Å². The summed E-state index contributed by atoms with van der Waals surface area (Å²) in [5.41, 5.74) is 7.25. The molecular weight excluding hydrogens is 203 g/mol. The summed E-state index contributed by atoms with van der Waals surface area (Å²) in [5, 5.41) is 0. The van der Waals surface area contributed by atoms with Gasteiger partial charge < -0.3 is 10.6 Å². The molecule has 0 spiro atoms. The molecule has 16 heavy (non-hydrogen) atoms. The SMILES string of the molecule is CCN1CC(N)CC(c2ccc(F)cc2)C1. The highest BCUT2D eigenvalue weighted by atomic mass is 19.1. The fourth-order valence-corrected chi connectivity index (χ4v) is 2.47. The summed E-state index contributed by atoms with van der Waals surface area (Å²) in [5.74, 6) is 0.278. The second-order valence-corrected chi connectivity index (χ2v) is 4.60. The van der Waals surface area contributed by atoms with E-state index in [9.17, 15) is 4.39 Å². The lowest BCUT2D eigenvalue weighted by Crippen LogP contribution is -2.45. The molecule has 1 heterocycles. The molecule has 2 N–H and O–H groups in total. The van der Waals surface area contributed by atoms with Crippen LogP contribution in [-0.4, -0.2) is 30.6 Å². The Balaban J connectivity index is 2.11. The molecule has 0 saturated carbocycles. The monoisotopic (exact) mass is 222 g/mol. The van der Waals surface area contributed by atoms with Crippen LogP contribution in [0.4, 0.5) is 4.39 Å². The zero-order chi connectivity index (χ0) is 11.5. The van der Waals surface area contributed by atoms with E-state index in [2.05, 4.69) is 11.8 Å². The Kier molecular flexibility index (Phi) is 3.56. The highest BCUT2D eigenvalue weighted by molar-refractivity contribution is 5.21. The molecule has 0 aliphatic carbocycles. The third-order valence-electron chi connectivity index (χ3n) is 3.35. The Morgan fingerprint density at radius 2 is 2.00 bits per heavy atom. The first-order chi connectivity index (χ1) is 7.69. The molecule has 0 bridgehead atoms. The quantitative estimate of drug-likeness (QED) is 0.829. The van der Waals surface area contributed by atoms with Gasteiger partial charge in [0, 0.05) is 19.1 Å². The van der Waals surface area contributed by atoms with Crippen LogP contribution in [0.15, 0.2) is 24.3 Å². The van der Waals surface area contributed by atoms with Gasteiger partial charge in [-0.15, -0.1) is 0 Å².